The standard InChI is InChI=1S/C25H31N3O3/c1-18(28-19(2)29)6-9-21(26)14-15-27-22-10-12-23(13-11-22)31-25-5-3-4-24(16-25)30-17-20-7-8-20/h3-5,10-16,18,20H,6-9,17,26H2,1-2H3,(H,28,29). The van der Waals surface area contributed by atoms with Crippen molar-refractivity contribution in [3.63, 3.8) is 0 Å². The van der Waals surface area contributed by atoms with E-state index in [9.17, 15) is 4.79 Å². The van der Waals surface area contributed by atoms with E-state index in [2.05, 4.69) is 10.3 Å². The van der Waals surface area contributed by atoms with Gasteiger partial charge in [-0.1, -0.05) is 6.07 Å². The molecule has 2 aromatic carbocycles. The highest BCUT2D eigenvalue weighted by atomic mass is 16.5. The first-order valence-corrected chi connectivity index (χ1v) is 10.7. The molecular weight excluding hydrogens is 390 g/mol. The molecule has 0 heterocycles. The average molecular weight is 422 g/mol. The van der Waals surface area contributed by atoms with Crippen molar-refractivity contribution >= 4 is 17.8 Å². The van der Waals surface area contributed by atoms with Gasteiger partial charge in [-0.05, 0) is 81.0 Å². The Morgan fingerprint density at radius 3 is 2.65 bits per heavy atom. The van der Waals surface area contributed by atoms with Crippen molar-refractivity contribution in [1.82, 2.24) is 5.32 Å². The van der Waals surface area contributed by atoms with Crippen molar-refractivity contribution in [1.29, 1.82) is 0 Å². The summed E-state index contributed by atoms with van der Waals surface area (Å²) in [7, 11) is 0. The van der Waals surface area contributed by atoms with Crippen LogP contribution in [0.3, 0.4) is 0 Å². The fourth-order valence-corrected chi connectivity index (χ4v) is 2.97. The molecule has 1 saturated carbocycles. The number of hydrogen-bond acceptors (Lipinski definition) is 5. The number of nitrogens with one attached hydrogen (secondary N) is 1. The Balaban J connectivity index is 1.47. The Hall–Kier alpha value is -3.28. The largest absolute Gasteiger partial charge is 0.493 e. The maximum absolute atomic E-state index is 11.0. The Kier molecular flexibility index (Phi) is 8.10. The van der Waals surface area contributed by atoms with E-state index in [0.29, 0.717) is 6.42 Å². The monoisotopic (exact) mass is 421 g/mol. The zero-order valence-corrected chi connectivity index (χ0v) is 18.2. The fraction of sp³-hybridized carbons (Fsp3) is 0.360. The van der Waals surface area contributed by atoms with Crippen molar-refractivity contribution in [2.45, 2.75) is 45.6 Å². The molecule has 1 aliphatic carbocycles. The van der Waals surface area contributed by atoms with Crippen LogP contribution >= 0.6 is 0 Å². The number of hydrogen-bond donors (Lipinski definition) is 2. The maximum Gasteiger partial charge on any atom is 0.217 e. The Morgan fingerprint density at radius 1 is 1.19 bits per heavy atom. The molecule has 1 aliphatic rings. The van der Waals surface area contributed by atoms with Crippen LogP contribution in [0.2, 0.25) is 0 Å². The molecular formula is C25H31N3O3. The summed E-state index contributed by atoms with van der Waals surface area (Å²) in [5.74, 6) is 3.00. The third kappa shape index (κ3) is 8.54. The zero-order valence-electron chi connectivity index (χ0n) is 18.2. The molecule has 0 bridgehead atoms. The molecule has 164 valence electrons. The van der Waals surface area contributed by atoms with Crippen LogP contribution in [-0.2, 0) is 4.79 Å². The van der Waals surface area contributed by atoms with E-state index in [1.54, 1.807) is 12.3 Å². The summed E-state index contributed by atoms with van der Waals surface area (Å²) in [5.41, 5.74) is 7.54. The van der Waals surface area contributed by atoms with Gasteiger partial charge < -0.3 is 20.5 Å². The van der Waals surface area contributed by atoms with Gasteiger partial charge in [-0.25, -0.2) is 0 Å². The van der Waals surface area contributed by atoms with Gasteiger partial charge >= 0.3 is 0 Å². The van der Waals surface area contributed by atoms with Gasteiger partial charge in [-0.2, -0.15) is 0 Å². The van der Waals surface area contributed by atoms with Crippen LogP contribution in [0.4, 0.5) is 5.69 Å². The van der Waals surface area contributed by atoms with Crippen molar-refractivity contribution in [3.05, 3.63) is 60.3 Å². The molecule has 1 atom stereocenters. The lowest BCUT2D eigenvalue weighted by atomic mass is 10.1. The van der Waals surface area contributed by atoms with Crippen molar-refractivity contribution < 1.29 is 14.3 Å². The summed E-state index contributed by atoms with van der Waals surface area (Å²) in [4.78, 5) is 15.4. The lowest BCUT2D eigenvalue weighted by Gasteiger charge is -2.11. The number of allylic oxidation sites excluding steroid dienone is 2. The molecule has 6 nitrogen and oxygen atoms in total. The highest BCUT2D eigenvalue weighted by molar-refractivity contribution is 5.75. The van der Waals surface area contributed by atoms with Crippen molar-refractivity contribution in [2.24, 2.45) is 16.6 Å². The number of carbonyl (C=O) groups excluding carboxylic acids is 1. The van der Waals surface area contributed by atoms with Gasteiger partial charge in [-0.3, -0.25) is 9.79 Å². The van der Waals surface area contributed by atoms with Crippen LogP contribution in [0.5, 0.6) is 17.2 Å². The summed E-state index contributed by atoms with van der Waals surface area (Å²) < 4.78 is 11.7. The molecule has 1 unspecified atom stereocenters. The number of amides is 1. The van der Waals surface area contributed by atoms with E-state index in [0.717, 1.165) is 47.6 Å². The predicted molar refractivity (Wildman–Crippen MR) is 124 cm³/mol. The molecule has 3 N–H and O–H groups in total. The predicted octanol–water partition coefficient (Wildman–Crippen LogP) is 5.12. The molecule has 0 radical (unpaired) electrons. The summed E-state index contributed by atoms with van der Waals surface area (Å²) in [5, 5.41) is 2.84. The molecule has 0 spiro atoms. The fourth-order valence-electron chi connectivity index (χ4n) is 2.97. The first-order chi connectivity index (χ1) is 15.0. The number of nitrogens with two attached hydrogens (primary N) is 1. The van der Waals surface area contributed by atoms with Gasteiger partial charge in [0.25, 0.3) is 0 Å². The first-order valence-electron chi connectivity index (χ1n) is 10.7. The summed E-state index contributed by atoms with van der Waals surface area (Å²) in [6.07, 6.45) is 7.50. The number of rotatable bonds is 11. The molecule has 3 rings (SSSR count). The van der Waals surface area contributed by atoms with Crippen LogP contribution in [0, 0.1) is 5.92 Å². The van der Waals surface area contributed by atoms with Crippen LogP contribution in [0.1, 0.15) is 39.5 Å². The molecule has 0 aromatic heterocycles. The van der Waals surface area contributed by atoms with Crippen molar-refractivity contribution in [3.8, 4) is 17.2 Å². The second-order valence-corrected chi connectivity index (χ2v) is 7.99. The lowest BCUT2D eigenvalue weighted by molar-refractivity contribution is -0.119. The minimum Gasteiger partial charge on any atom is -0.493 e. The highest BCUT2D eigenvalue weighted by Gasteiger charge is 2.21. The van der Waals surface area contributed by atoms with Gasteiger partial charge in [0.1, 0.15) is 17.2 Å². The Labute approximate surface area is 184 Å². The van der Waals surface area contributed by atoms with Gasteiger partial charge in [0, 0.05) is 30.9 Å². The number of benzene rings is 2. The van der Waals surface area contributed by atoms with Crippen LogP contribution in [-0.4, -0.2) is 24.8 Å². The number of nitrogens with zero attached hydrogens (tertiary/aromatic N) is 1. The molecule has 0 saturated heterocycles. The van der Waals surface area contributed by atoms with E-state index in [-0.39, 0.29) is 11.9 Å². The topological polar surface area (TPSA) is 85.9 Å². The minimum atomic E-state index is -0.0290. The van der Waals surface area contributed by atoms with E-state index in [4.69, 9.17) is 15.2 Å². The Morgan fingerprint density at radius 2 is 1.94 bits per heavy atom. The van der Waals surface area contributed by atoms with Crippen LogP contribution in [0.15, 0.2) is 65.3 Å². The quantitative estimate of drug-likeness (QED) is 0.493. The summed E-state index contributed by atoms with van der Waals surface area (Å²) in [6, 6.07) is 15.4. The summed E-state index contributed by atoms with van der Waals surface area (Å²) in [6.45, 7) is 4.26. The smallest absolute Gasteiger partial charge is 0.217 e. The van der Waals surface area contributed by atoms with Gasteiger partial charge in [0.05, 0.1) is 12.3 Å². The van der Waals surface area contributed by atoms with Crippen molar-refractivity contribution in [2.75, 3.05) is 6.61 Å². The molecule has 2 aromatic rings. The van der Waals surface area contributed by atoms with Crippen LogP contribution in [0.25, 0.3) is 0 Å². The second kappa shape index (κ2) is 11.2. The number of ether oxygens (including phenoxy) is 2. The molecule has 0 aliphatic heterocycles. The third-order valence-corrected chi connectivity index (χ3v) is 4.89. The van der Waals surface area contributed by atoms with Crippen LogP contribution < -0.4 is 20.5 Å². The van der Waals surface area contributed by atoms with Gasteiger partial charge in [0.2, 0.25) is 5.91 Å². The molecule has 6 heteroatoms. The Bertz CT molecular complexity index is 918. The zero-order chi connectivity index (χ0) is 22.1. The molecule has 1 amide bonds. The van der Waals surface area contributed by atoms with E-state index < -0.39 is 0 Å². The molecule has 1 fully saturated rings. The highest BCUT2D eigenvalue weighted by Crippen LogP contribution is 2.31. The average Bonchev–Trinajstić information content (AvgIpc) is 3.56. The van der Waals surface area contributed by atoms with Gasteiger partial charge in [-0.15, -0.1) is 0 Å². The van der Waals surface area contributed by atoms with E-state index >= 15 is 0 Å². The SMILES string of the molecule is CC(=O)NC(C)CCC(N)=CC=Nc1ccc(Oc2cccc(OCC3CC3)c2)cc1. The minimum absolute atomic E-state index is 0.0290. The third-order valence-electron chi connectivity index (χ3n) is 4.89. The number of carbonyl (C=O) groups is 1. The maximum atomic E-state index is 11.0. The number of aliphatic imine (C=N–C) groups is 1. The van der Waals surface area contributed by atoms with E-state index in [1.807, 2.05) is 55.5 Å². The lowest BCUT2D eigenvalue weighted by Crippen LogP contribution is -2.30. The second-order valence-electron chi connectivity index (χ2n) is 7.99. The molecule has 31 heavy (non-hydrogen) atoms. The first kappa shape index (κ1) is 22.4. The van der Waals surface area contributed by atoms with Gasteiger partial charge in [0.15, 0.2) is 0 Å². The summed E-state index contributed by atoms with van der Waals surface area (Å²) >= 11 is 0. The normalized spacial score (nSPS) is 15.0. The van der Waals surface area contributed by atoms with E-state index in [1.165, 1.54) is 19.8 Å².